The summed E-state index contributed by atoms with van der Waals surface area (Å²) in [4.78, 5) is 5.90. The van der Waals surface area contributed by atoms with E-state index in [0.29, 0.717) is 13.2 Å². The van der Waals surface area contributed by atoms with Crippen molar-refractivity contribution in [2.24, 2.45) is 5.73 Å². The van der Waals surface area contributed by atoms with Crippen molar-refractivity contribution in [1.29, 1.82) is 0 Å². The van der Waals surface area contributed by atoms with Gasteiger partial charge in [0.15, 0.2) is 0 Å². The standard InChI is InChI=1S/C16H22N2OS/c1-3-5-14-15(11-17)20-16(18-14)8-9-19-13-7-4-6-12(2)10-13/h4,6-7,10H,3,5,8-9,11,17H2,1-2H3. The monoisotopic (exact) mass is 290 g/mol. The van der Waals surface area contributed by atoms with Crippen molar-refractivity contribution in [3.05, 3.63) is 45.4 Å². The molecule has 1 aromatic heterocycles. The molecule has 0 fully saturated rings. The van der Waals surface area contributed by atoms with Gasteiger partial charge in [-0.05, 0) is 31.0 Å². The predicted molar refractivity (Wildman–Crippen MR) is 84.4 cm³/mol. The normalized spacial score (nSPS) is 10.8. The van der Waals surface area contributed by atoms with E-state index in [2.05, 4.69) is 31.0 Å². The second-order valence-corrected chi connectivity index (χ2v) is 6.01. The third kappa shape index (κ3) is 4.05. The number of nitrogens with two attached hydrogens (primary N) is 1. The highest BCUT2D eigenvalue weighted by atomic mass is 32.1. The molecular formula is C16H22N2OS. The van der Waals surface area contributed by atoms with Crippen molar-refractivity contribution in [3.63, 3.8) is 0 Å². The van der Waals surface area contributed by atoms with E-state index in [9.17, 15) is 0 Å². The molecule has 2 N–H and O–H groups in total. The quantitative estimate of drug-likeness (QED) is 0.849. The highest BCUT2D eigenvalue weighted by molar-refractivity contribution is 7.11. The van der Waals surface area contributed by atoms with Crippen LogP contribution in [-0.4, -0.2) is 11.6 Å². The summed E-state index contributed by atoms with van der Waals surface area (Å²) >= 11 is 1.72. The molecule has 108 valence electrons. The van der Waals surface area contributed by atoms with Crippen LogP contribution in [0, 0.1) is 6.92 Å². The molecule has 4 heteroatoms. The number of hydrogen-bond donors (Lipinski definition) is 1. The fourth-order valence-electron chi connectivity index (χ4n) is 2.10. The fourth-order valence-corrected chi connectivity index (χ4v) is 3.07. The van der Waals surface area contributed by atoms with E-state index in [-0.39, 0.29) is 0 Å². The average Bonchev–Trinajstić information content (AvgIpc) is 2.82. The summed E-state index contributed by atoms with van der Waals surface area (Å²) in [5.74, 6) is 0.925. The number of aryl methyl sites for hydroxylation is 2. The number of aromatic nitrogens is 1. The average molecular weight is 290 g/mol. The van der Waals surface area contributed by atoms with E-state index >= 15 is 0 Å². The second kappa shape index (κ2) is 7.41. The molecule has 0 aliphatic heterocycles. The topological polar surface area (TPSA) is 48.1 Å². The molecule has 0 saturated heterocycles. The van der Waals surface area contributed by atoms with Crippen molar-refractivity contribution in [3.8, 4) is 5.75 Å². The van der Waals surface area contributed by atoms with Crippen LogP contribution in [0.15, 0.2) is 24.3 Å². The number of hydrogen-bond acceptors (Lipinski definition) is 4. The maximum Gasteiger partial charge on any atom is 0.119 e. The van der Waals surface area contributed by atoms with E-state index in [0.717, 1.165) is 30.0 Å². The Kier molecular flexibility index (Phi) is 5.56. The lowest BCUT2D eigenvalue weighted by atomic mass is 10.2. The van der Waals surface area contributed by atoms with Gasteiger partial charge in [-0.1, -0.05) is 25.5 Å². The molecule has 2 aromatic rings. The largest absolute Gasteiger partial charge is 0.493 e. The Morgan fingerprint density at radius 2 is 2.15 bits per heavy atom. The molecule has 0 unspecified atom stereocenters. The van der Waals surface area contributed by atoms with Gasteiger partial charge in [-0.2, -0.15) is 0 Å². The van der Waals surface area contributed by atoms with Crippen LogP contribution >= 0.6 is 11.3 Å². The Labute approximate surface area is 124 Å². The van der Waals surface area contributed by atoms with Gasteiger partial charge in [0.2, 0.25) is 0 Å². The lowest BCUT2D eigenvalue weighted by Crippen LogP contribution is -2.01. The van der Waals surface area contributed by atoms with Crippen LogP contribution in [0.3, 0.4) is 0 Å². The number of nitrogens with zero attached hydrogens (tertiary/aromatic N) is 1. The zero-order valence-electron chi connectivity index (χ0n) is 12.2. The maximum atomic E-state index is 5.77. The molecule has 0 aliphatic rings. The van der Waals surface area contributed by atoms with Crippen LogP contribution in [0.4, 0.5) is 0 Å². The Balaban J connectivity index is 1.90. The zero-order chi connectivity index (χ0) is 14.4. The van der Waals surface area contributed by atoms with Crippen LogP contribution in [0.1, 0.15) is 34.5 Å². The highest BCUT2D eigenvalue weighted by Crippen LogP contribution is 2.20. The van der Waals surface area contributed by atoms with Crippen molar-refractivity contribution in [2.75, 3.05) is 6.61 Å². The van der Waals surface area contributed by atoms with E-state index in [4.69, 9.17) is 10.5 Å². The summed E-state index contributed by atoms with van der Waals surface area (Å²) in [5.41, 5.74) is 8.16. The first-order valence-corrected chi connectivity index (χ1v) is 7.91. The Morgan fingerprint density at radius 3 is 2.85 bits per heavy atom. The molecule has 0 radical (unpaired) electrons. The molecule has 0 atom stereocenters. The van der Waals surface area contributed by atoms with Gasteiger partial charge in [-0.25, -0.2) is 4.98 Å². The van der Waals surface area contributed by atoms with Gasteiger partial charge >= 0.3 is 0 Å². The van der Waals surface area contributed by atoms with Gasteiger partial charge in [0.05, 0.1) is 17.3 Å². The number of thiazole rings is 1. The van der Waals surface area contributed by atoms with E-state index < -0.39 is 0 Å². The minimum absolute atomic E-state index is 0.589. The summed E-state index contributed by atoms with van der Waals surface area (Å²) in [5, 5.41) is 1.13. The summed E-state index contributed by atoms with van der Waals surface area (Å²) < 4.78 is 5.77. The lowest BCUT2D eigenvalue weighted by molar-refractivity contribution is 0.321. The van der Waals surface area contributed by atoms with Crippen LogP contribution < -0.4 is 10.5 Å². The van der Waals surface area contributed by atoms with E-state index in [1.165, 1.54) is 16.1 Å². The van der Waals surface area contributed by atoms with Crippen molar-refractivity contribution in [1.82, 2.24) is 4.98 Å². The minimum atomic E-state index is 0.589. The van der Waals surface area contributed by atoms with Gasteiger partial charge in [0, 0.05) is 17.8 Å². The maximum absolute atomic E-state index is 5.77. The van der Waals surface area contributed by atoms with Crippen molar-refractivity contribution < 1.29 is 4.74 Å². The minimum Gasteiger partial charge on any atom is -0.493 e. The third-order valence-electron chi connectivity index (χ3n) is 3.07. The molecule has 1 aromatic carbocycles. The molecule has 1 heterocycles. The molecule has 0 saturated carbocycles. The van der Waals surface area contributed by atoms with Gasteiger partial charge in [0.1, 0.15) is 5.75 Å². The number of ether oxygens (including phenoxy) is 1. The Morgan fingerprint density at radius 1 is 1.30 bits per heavy atom. The summed E-state index contributed by atoms with van der Waals surface area (Å²) in [7, 11) is 0. The molecular weight excluding hydrogens is 268 g/mol. The first-order valence-electron chi connectivity index (χ1n) is 7.10. The van der Waals surface area contributed by atoms with Crippen LogP contribution in [0.2, 0.25) is 0 Å². The van der Waals surface area contributed by atoms with Crippen LogP contribution in [-0.2, 0) is 19.4 Å². The van der Waals surface area contributed by atoms with E-state index in [1.807, 2.05) is 12.1 Å². The van der Waals surface area contributed by atoms with E-state index in [1.54, 1.807) is 11.3 Å². The van der Waals surface area contributed by atoms with Gasteiger partial charge in [-0.15, -0.1) is 11.3 Å². The fraction of sp³-hybridized carbons (Fsp3) is 0.438. The molecule has 3 nitrogen and oxygen atoms in total. The SMILES string of the molecule is CCCc1nc(CCOc2cccc(C)c2)sc1CN. The molecule has 20 heavy (non-hydrogen) atoms. The number of rotatable bonds is 7. The molecule has 0 spiro atoms. The molecule has 0 amide bonds. The highest BCUT2D eigenvalue weighted by Gasteiger charge is 2.09. The Hall–Kier alpha value is -1.39. The summed E-state index contributed by atoms with van der Waals surface area (Å²) in [6.45, 7) is 5.48. The summed E-state index contributed by atoms with van der Waals surface area (Å²) in [6.07, 6.45) is 2.97. The molecule has 0 bridgehead atoms. The molecule has 2 rings (SSSR count). The Bertz CT molecular complexity index is 551. The van der Waals surface area contributed by atoms with Crippen molar-refractivity contribution >= 4 is 11.3 Å². The van der Waals surface area contributed by atoms with Crippen LogP contribution in [0.5, 0.6) is 5.75 Å². The first kappa shape index (κ1) is 15.0. The second-order valence-electron chi connectivity index (χ2n) is 4.85. The van der Waals surface area contributed by atoms with Gasteiger partial charge in [0.25, 0.3) is 0 Å². The van der Waals surface area contributed by atoms with Gasteiger partial charge in [-0.3, -0.25) is 0 Å². The third-order valence-corrected chi connectivity index (χ3v) is 4.25. The predicted octanol–water partition coefficient (Wildman–Crippen LogP) is 3.48. The van der Waals surface area contributed by atoms with Gasteiger partial charge < -0.3 is 10.5 Å². The first-order chi connectivity index (χ1) is 9.72. The van der Waals surface area contributed by atoms with Crippen molar-refractivity contribution in [2.45, 2.75) is 39.7 Å². The molecule has 0 aliphatic carbocycles. The lowest BCUT2D eigenvalue weighted by Gasteiger charge is -2.05. The number of benzene rings is 1. The van der Waals surface area contributed by atoms with Crippen LogP contribution in [0.25, 0.3) is 0 Å². The summed E-state index contributed by atoms with van der Waals surface area (Å²) in [6, 6.07) is 8.12. The smallest absolute Gasteiger partial charge is 0.119 e. The zero-order valence-corrected chi connectivity index (χ0v) is 13.0.